The number of ether oxygens (including phenoxy) is 2. The van der Waals surface area contributed by atoms with E-state index in [0.29, 0.717) is 43.4 Å². The maximum absolute atomic E-state index is 14.1. The zero-order valence-corrected chi connectivity index (χ0v) is 25.3. The summed E-state index contributed by atoms with van der Waals surface area (Å²) in [5.41, 5.74) is 4.14. The van der Waals surface area contributed by atoms with Crippen molar-refractivity contribution in [1.29, 1.82) is 0 Å². The van der Waals surface area contributed by atoms with Crippen molar-refractivity contribution < 1.29 is 14.3 Å². The second-order valence-electron chi connectivity index (χ2n) is 10.6. The number of carbonyl (C=O) groups is 1. The summed E-state index contributed by atoms with van der Waals surface area (Å²) in [6, 6.07) is 22.2. The Morgan fingerprint density at radius 2 is 1.72 bits per heavy atom. The van der Waals surface area contributed by atoms with Crippen molar-refractivity contribution in [3.8, 4) is 11.5 Å². The molecule has 0 aliphatic carbocycles. The molecule has 1 saturated heterocycles. The molecule has 220 valence electrons. The van der Waals surface area contributed by atoms with Gasteiger partial charge in [-0.15, -0.1) is 0 Å². The quantitative estimate of drug-likeness (QED) is 0.330. The van der Waals surface area contributed by atoms with Gasteiger partial charge in [-0.3, -0.25) is 14.2 Å². The SMILES string of the molecule is COc1ccc([C@H]2C(C(=O)Nc3ccccc3)=C(C)N=c3s/c(=C/c4ccc(N5CCCCC5)cc4)c(=O)n32)c(OC)c1. The largest absolute Gasteiger partial charge is 0.497 e. The van der Waals surface area contributed by atoms with E-state index in [-0.39, 0.29) is 11.5 Å². The molecule has 3 heterocycles. The number of amides is 1. The lowest BCUT2D eigenvalue weighted by Crippen LogP contribution is -2.40. The van der Waals surface area contributed by atoms with E-state index in [1.54, 1.807) is 37.8 Å². The number of nitrogens with zero attached hydrogens (tertiary/aromatic N) is 3. The average molecular weight is 595 g/mol. The predicted molar refractivity (Wildman–Crippen MR) is 171 cm³/mol. The van der Waals surface area contributed by atoms with Crippen molar-refractivity contribution in [3.05, 3.63) is 115 Å². The predicted octanol–water partition coefficient (Wildman–Crippen LogP) is 4.88. The van der Waals surface area contributed by atoms with Gasteiger partial charge in [-0.25, -0.2) is 4.99 Å². The van der Waals surface area contributed by atoms with E-state index in [0.717, 1.165) is 18.7 Å². The van der Waals surface area contributed by atoms with Gasteiger partial charge in [-0.2, -0.15) is 0 Å². The summed E-state index contributed by atoms with van der Waals surface area (Å²) < 4.78 is 13.3. The van der Waals surface area contributed by atoms with Gasteiger partial charge in [0.25, 0.3) is 11.5 Å². The summed E-state index contributed by atoms with van der Waals surface area (Å²) >= 11 is 1.32. The van der Waals surface area contributed by atoms with Gasteiger partial charge >= 0.3 is 0 Å². The molecule has 0 spiro atoms. The highest BCUT2D eigenvalue weighted by molar-refractivity contribution is 7.07. The molecular weight excluding hydrogens is 560 g/mol. The van der Waals surface area contributed by atoms with Crippen LogP contribution in [0.2, 0.25) is 0 Å². The van der Waals surface area contributed by atoms with Gasteiger partial charge in [0.2, 0.25) is 0 Å². The Hall–Kier alpha value is -4.63. The van der Waals surface area contributed by atoms with Gasteiger partial charge in [0.1, 0.15) is 17.5 Å². The van der Waals surface area contributed by atoms with E-state index in [9.17, 15) is 9.59 Å². The number of carbonyl (C=O) groups excluding carboxylic acids is 1. The van der Waals surface area contributed by atoms with Crippen molar-refractivity contribution in [2.24, 2.45) is 4.99 Å². The lowest BCUT2D eigenvalue weighted by Gasteiger charge is -2.28. The van der Waals surface area contributed by atoms with Crippen LogP contribution in [-0.2, 0) is 4.79 Å². The molecule has 1 amide bonds. The van der Waals surface area contributed by atoms with Crippen LogP contribution in [0.15, 0.2) is 93.9 Å². The Bertz CT molecular complexity index is 1850. The molecule has 8 nitrogen and oxygen atoms in total. The molecule has 0 radical (unpaired) electrons. The van der Waals surface area contributed by atoms with Crippen LogP contribution in [-0.4, -0.2) is 37.8 Å². The summed E-state index contributed by atoms with van der Waals surface area (Å²) in [5, 5.41) is 2.98. The third kappa shape index (κ3) is 5.72. The van der Waals surface area contributed by atoms with Gasteiger partial charge in [-0.05, 0) is 74.2 Å². The van der Waals surface area contributed by atoms with Crippen molar-refractivity contribution in [2.45, 2.75) is 32.2 Å². The van der Waals surface area contributed by atoms with E-state index in [1.807, 2.05) is 42.5 Å². The second kappa shape index (κ2) is 12.3. The Morgan fingerprint density at radius 1 is 0.977 bits per heavy atom. The van der Waals surface area contributed by atoms with Crippen molar-refractivity contribution >= 4 is 34.7 Å². The van der Waals surface area contributed by atoms with E-state index >= 15 is 0 Å². The number of benzene rings is 3. The highest BCUT2D eigenvalue weighted by Gasteiger charge is 2.34. The highest BCUT2D eigenvalue weighted by Crippen LogP contribution is 2.37. The molecule has 43 heavy (non-hydrogen) atoms. The number of allylic oxidation sites excluding steroid dienone is 1. The Labute approximate surface area is 254 Å². The summed E-state index contributed by atoms with van der Waals surface area (Å²) in [7, 11) is 3.15. The third-order valence-electron chi connectivity index (χ3n) is 7.95. The van der Waals surface area contributed by atoms with Crippen LogP contribution in [0, 0.1) is 0 Å². The number of hydrogen-bond acceptors (Lipinski definition) is 7. The minimum Gasteiger partial charge on any atom is -0.497 e. The van der Waals surface area contributed by atoms with E-state index in [1.165, 1.54) is 36.3 Å². The third-order valence-corrected chi connectivity index (χ3v) is 8.93. The van der Waals surface area contributed by atoms with Crippen LogP contribution in [0.3, 0.4) is 0 Å². The standard InChI is InChI=1S/C34H34N4O4S/c1-22-30(32(39)36-24-10-6-4-7-11-24)31(27-17-16-26(41-2)21-28(27)42-3)38-33(40)29(43-34(38)35-22)20-23-12-14-25(15-13-23)37-18-8-5-9-19-37/h4,6-7,10-17,20-21,31H,5,8-9,18-19H2,1-3H3,(H,36,39)/b29-20+/t31-/m0/s1. The molecule has 1 N–H and O–H groups in total. The lowest BCUT2D eigenvalue weighted by molar-refractivity contribution is -0.113. The zero-order valence-electron chi connectivity index (χ0n) is 24.5. The maximum Gasteiger partial charge on any atom is 0.271 e. The first-order chi connectivity index (χ1) is 21.0. The number of anilines is 2. The molecule has 1 atom stereocenters. The van der Waals surface area contributed by atoms with Gasteiger partial charge in [-0.1, -0.05) is 41.7 Å². The number of para-hydroxylation sites is 1. The monoisotopic (exact) mass is 594 g/mol. The van der Waals surface area contributed by atoms with E-state index in [2.05, 4.69) is 34.5 Å². The molecule has 1 aromatic heterocycles. The van der Waals surface area contributed by atoms with Crippen LogP contribution >= 0.6 is 11.3 Å². The molecule has 0 unspecified atom stereocenters. The molecule has 0 saturated carbocycles. The second-order valence-corrected chi connectivity index (χ2v) is 11.7. The molecular formula is C34H34N4O4S. The smallest absolute Gasteiger partial charge is 0.271 e. The number of fused-ring (bicyclic) bond motifs is 1. The Morgan fingerprint density at radius 3 is 2.42 bits per heavy atom. The fourth-order valence-electron chi connectivity index (χ4n) is 5.76. The molecule has 1 fully saturated rings. The molecule has 4 aromatic rings. The molecule has 9 heteroatoms. The van der Waals surface area contributed by atoms with Crippen LogP contribution in [0.25, 0.3) is 6.08 Å². The van der Waals surface area contributed by atoms with Gasteiger partial charge < -0.3 is 19.7 Å². The summed E-state index contributed by atoms with van der Waals surface area (Å²) in [6.07, 6.45) is 5.62. The van der Waals surface area contributed by atoms with Gasteiger partial charge in [0.15, 0.2) is 4.80 Å². The fourth-order valence-corrected chi connectivity index (χ4v) is 6.80. The minimum absolute atomic E-state index is 0.218. The normalized spacial score (nSPS) is 16.9. The minimum atomic E-state index is -0.760. The summed E-state index contributed by atoms with van der Waals surface area (Å²) in [4.78, 5) is 35.7. The van der Waals surface area contributed by atoms with Crippen LogP contribution in [0.4, 0.5) is 11.4 Å². The summed E-state index contributed by atoms with van der Waals surface area (Å²) in [5.74, 6) is 0.779. The fraction of sp³-hybridized carbons (Fsp3) is 0.265. The first-order valence-electron chi connectivity index (χ1n) is 14.4. The van der Waals surface area contributed by atoms with E-state index < -0.39 is 6.04 Å². The van der Waals surface area contributed by atoms with Gasteiger partial charge in [0.05, 0.1) is 30.0 Å². The van der Waals surface area contributed by atoms with Crippen molar-refractivity contribution in [2.75, 3.05) is 37.5 Å². The highest BCUT2D eigenvalue weighted by atomic mass is 32.1. The van der Waals surface area contributed by atoms with Crippen LogP contribution < -0.4 is 34.6 Å². The maximum atomic E-state index is 14.1. The Balaban J connectivity index is 1.45. The first-order valence-corrected chi connectivity index (χ1v) is 15.2. The number of hydrogen-bond donors (Lipinski definition) is 1. The number of aromatic nitrogens is 1. The Kier molecular flexibility index (Phi) is 8.16. The number of methoxy groups -OCH3 is 2. The van der Waals surface area contributed by atoms with Crippen molar-refractivity contribution in [1.82, 2.24) is 4.57 Å². The lowest BCUT2D eigenvalue weighted by atomic mass is 9.94. The number of piperidine rings is 1. The number of nitrogens with one attached hydrogen (secondary N) is 1. The number of thiazole rings is 1. The topological polar surface area (TPSA) is 85.2 Å². The summed E-state index contributed by atoms with van der Waals surface area (Å²) in [6.45, 7) is 3.96. The van der Waals surface area contributed by atoms with Crippen LogP contribution in [0.5, 0.6) is 11.5 Å². The number of rotatable bonds is 7. The zero-order chi connectivity index (χ0) is 29.9. The average Bonchev–Trinajstić information content (AvgIpc) is 3.34. The molecule has 3 aromatic carbocycles. The van der Waals surface area contributed by atoms with Gasteiger partial charge in [0, 0.05) is 36.1 Å². The van der Waals surface area contributed by atoms with Crippen molar-refractivity contribution in [3.63, 3.8) is 0 Å². The molecule has 6 rings (SSSR count). The van der Waals surface area contributed by atoms with Crippen LogP contribution in [0.1, 0.15) is 43.4 Å². The molecule has 2 aliphatic heterocycles. The first kappa shape index (κ1) is 28.5. The van der Waals surface area contributed by atoms with E-state index in [4.69, 9.17) is 14.5 Å². The molecule has 2 aliphatic rings. The molecule has 0 bridgehead atoms.